The van der Waals surface area contributed by atoms with Crippen molar-refractivity contribution in [1.82, 2.24) is 20.4 Å². The molecular formula is C14H26IN5O2S. The van der Waals surface area contributed by atoms with E-state index in [2.05, 4.69) is 34.4 Å². The Morgan fingerprint density at radius 2 is 2.22 bits per heavy atom. The second kappa shape index (κ2) is 9.55. The van der Waals surface area contributed by atoms with Gasteiger partial charge >= 0.3 is 6.03 Å². The second-order valence-corrected chi connectivity index (χ2v) is 7.12. The minimum atomic E-state index is -0.309. The van der Waals surface area contributed by atoms with Gasteiger partial charge in [0.15, 0.2) is 5.96 Å². The summed E-state index contributed by atoms with van der Waals surface area (Å²) in [6.07, 6.45) is 0. The van der Waals surface area contributed by atoms with Crippen LogP contribution < -0.4 is 10.6 Å². The number of urea groups is 1. The molecule has 1 unspecified atom stereocenters. The molecule has 7 nitrogen and oxygen atoms in total. The summed E-state index contributed by atoms with van der Waals surface area (Å²) in [5.74, 6) is 2.40. The summed E-state index contributed by atoms with van der Waals surface area (Å²) in [5.41, 5.74) is 0. The number of amides is 3. The zero-order chi connectivity index (χ0) is 16.1. The van der Waals surface area contributed by atoms with E-state index in [-0.39, 0.29) is 42.5 Å². The minimum absolute atomic E-state index is 0. The van der Waals surface area contributed by atoms with E-state index in [1.54, 1.807) is 7.05 Å². The molecule has 2 fully saturated rings. The fourth-order valence-corrected chi connectivity index (χ4v) is 3.86. The van der Waals surface area contributed by atoms with Gasteiger partial charge in [0, 0.05) is 44.2 Å². The highest BCUT2D eigenvalue weighted by Crippen LogP contribution is 2.24. The van der Waals surface area contributed by atoms with Crippen molar-refractivity contribution in [3.05, 3.63) is 0 Å². The lowest BCUT2D eigenvalue weighted by Crippen LogP contribution is -2.50. The van der Waals surface area contributed by atoms with Gasteiger partial charge in [-0.25, -0.2) is 4.79 Å². The maximum absolute atomic E-state index is 11.5. The Bertz CT molecular complexity index is 444. The number of carbonyl (C=O) groups excluding carboxylic acids is 2. The number of guanidine groups is 1. The van der Waals surface area contributed by atoms with Crippen molar-refractivity contribution in [3.8, 4) is 0 Å². The quantitative estimate of drug-likeness (QED) is 0.284. The lowest BCUT2D eigenvalue weighted by atomic mass is 10.1. The van der Waals surface area contributed by atoms with Crippen LogP contribution in [0.2, 0.25) is 0 Å². The highest BCUT2D eigenvalue weighted by molar-refractivity contribution is 14.0. The molecule has 1 atom stereocenters. The predicted octanol–water partition coefficient (Wildman–Crippen LogP) is 0.805. The number of nitrogens with one attached hydrogen (secondary N) is 2. The van der Waals surface area contributed by atoms with Crippen molar-refractivity contribution in [1.29, 1.82) is 0 Å². The van der Waals surface area contributed by atoms with E-state index in [0.29, 0.717) is 24.3 Å². The predicted molar refractivity (Wildman–Crippen MR) is 105 cm³/mol. The first-order chi connectivity index (χ1) is 10.5. The van der Waals surface area contributed by atoms with Gasteiger partial charge in [-0.05, 0) is 5.92 Å². The van der Waals surface area contributed by atoms with Gasteiger partial charge in [0.1, 0.15) is 0 Å². The molecule has 2 N–H and O–H groups in total. The van der Waals surface area contributed by atoms with Gasteiger partial charge in [-0.1, -0.05) is 13.8 Å². The molecule has 0 radical (unpaired) electrons. The molecule has 0 bridgehead atoms. The van der Waals surface area contributed by atoms with Crippen LogP contribution in [0.5, 0.6) is 0 Å². The molecule has 2 saturated heterocycles. The fourth-order valence-electron chi connectivity index (χ4n) is 2.56. The molecule has 0 aromatic carbocycles. The van der Waals surface area contributed by atoms with Crippen molar-refractivity contribution in [3.63, 3.8) is 0 Å². The molecule has 2 rings (SSSR count). The third-order valence-corrected chi connectivity index (χ3v) is 5.44. The van der Waals surface area contributed by atoms with Crippen LogP contribution in [0.1, 0.15) is 13.8 Å². The maximum Gasteiger partial charge on any atom is 0.324 e. The Morgan fingerprint density at radius 3 is 2.78 bits per heavy atom. The van der Waals surface area contributed by atoms with Crippen LogP contribution in [0, 0.1) is 5.92 Å². The summed E-state index contributed by atoms with van der Waals surface area (Å²) in [6.45, 7) is 7.42. The summed E-state index contributed by atoms with van der Waals surface area (Å²) in [7, 11) is 1.77. The van der Waals surface area contributed by atoms with Gasteiger partial charge in [0.25, 0.3) is 0 Å². The summed E-state index contributed by atoms with van der Waals surface area (Å²) in [6, 6.07) is -0.309. The number of hydrogen-bond acceptors (Lipinski definition) is 4. The Labute approximate surface area is 159 Å². The Morgan fingerprint density at radius 1 is 1.48 bits per heavy atom. The van der Waals surface area contributed by atoms with E-state index in [1.807, 2.05) is 11.8 Å². The molecule has 0 saturated carbocycles. The van der Waals surface area contributed by atoms with Gasteiger partial charge in [0.2, 0.25) is 5.91 Å². The standard InChI is InChI=1S/C14H25N5O2S.HI/c1-10(2)11-9-18(6-7-22-11)13(15-3)16-4-5-19-12(20)8-17-14(19)21;/h10-11H,4-9H2,1-3H3,(H,15,16)(H,17,21);1H. The van der Waals surface area contributed by atoms with E-state index >= 15 is 0 Å². The van der Waals surface area contributed by atoms with Crippen LogP contribution in [0.15, 0.2) is 4.99 Å². The molecule has 0 aliphatic carbocycles. The largest absolute Gasteiger partial charge is 0.354 e. The first kappa shape index (κ1) is 20.3. The average Bonchev–Trinajstić information content (AvgIpc) is 2.83. The summed E-state index contributed by atoms with van der Waals surface area (Å²) >= 11 is 2.02. The second-order valence-electron chi connectivity index (χ2n) is 5.78. The van der Waals surface area contributed by atoms with Crippen molar-refractivity contribution in [2.24, 2.45) is 10.9 Å². The zero-order valence-electron chi connectivity index (χ0n) is 13.9. The number of hydrogen-bond donors (Lipinski definition) is 2. The average molecular weight is 455 g/mol. The minimum Gasteiger partial charge on any atom is -0.354 e. The lowest BCUT2D eigenvalue weighted by molar-refractivity contribution is -0.124. The molecular weight excluding hydrogens is 429 g/mol. The van der Waals surface area contributed by atoms with Crippen molar-refractivity contribution < 1.29 is 9.59 Å². The normalized spacial score (nSPS) is 22.3. The lowest BCUT2D eigenvalue weighted by Gasteiger charge is -2.36. The molecule has 0 spiro atoms. The molecule has 0 aromatic rings. The van der Waals surface area contributed by atoms with Crippen LogP contribution in [0.4, 0.5) is 4.79 Å². The molecule has 2 aliphatic heterocycles. The molecule has 3 amide bonds. The maximum atomic E-state index is 11.5. The fraction of sp³-hybridized carbons (Fsp3) is 0.786. The van der Waals surface area contributed by atoms with Gasteiger partial charge in [-0.2, -0.15) is 11.8 Å². The van der Waals surface area contributed by atoms with Gasteiger partial charge < -0.3 is 15.5 Å². The Balaban J connectivity index is 0.00000264. The van der Waals surface area contributed by atoms with Crippen LogP contribution in [-0.4, -0.2) is 78.5 Å². The third kappa shape index (κ3) is 5.40. The number of nitrogens with zero attached hydrogens (tertiary/aromatic N) is 3. The zero-order valence-corrected chi connectivity index (χ0v) is 17.0. The van der Waals surface area contributed by atoms with Gasteiger partial charge in [0.05, 0.1) is 6.54 Å². The molecule has 2 heterocycles. The third-order valence-electron chi connectivity index (χ3n) is 3.90. The topological polar surface area (TPSA) is 77.0 Å². The van der Waals surface area contributed by atoms with Crippen molar-refractivity contribution in [2.45, 2.75) is 19.1 Å². The molecule has 0 aromatic heterocycles. The van der Waals surface area contributed by atoms with Crippen LogP contribution in [0.25, 0.3) is 0 Å². The first-order valence-corrected chi connectivity index (χ1v) is 8.73. The highest BCUT2D eigenvalue weighted by Gasteiger charge is 2.28. The smallest absolute Gasteiger partial charge is 0.324 e. The molecule has 9 heteroatoms. The number of rotatable bonds is 4. The SMILES string of the molecule is CN=C(NCCN1C(=O)CNC1=O)N1CCSC(C(C)C)C1.I. The Hall–Kier alpha value is -0.710. The monoisotopic (exact) mass is 455 g/mol. The summed E-state index contributed by atoms with van der Waals surface area (Å²) in [5, 5.41) is 6.39. The van der Waals surface area contributed by atoms with E-state index in [1.165, 1.54) is 4.90 Å². The van der Waals surface area contributed by atoms with Crippen LogP contribution in [-0.2, 0) is 4.79 Å². The molecule has 23 heavy (non-hydrogen) atoms. The molecule has 2 aliphatic rings. The number of carbonyl (C=O) groups is 2. The number of imide groups is 1. The Kier molecular flexibility index (Phi) is 8.45. The summed E-state index contributed by atoms with van der Waals surface area (Å²) in [4.78, 5) is 30.8. The number of aliphatic imine (C=N–C) groups is 1. The van der Waals surface area contributed by atoms with Crippen molar-refractivity contribution in [2.75, 3.05) is 45.5 Å². The highest BCUT2D eigenvalue weighted by atomic mass is 127. The first-order valence-electron chi connectivity index (χ1n) is 7.68. The van der Waals surface area contributed by atoms with E-state index in [0.717, 1.165) is 24.8 Å². The number of halogens is 1. The van der Waals surface area contributed by atoms with Crippen LogP contribution in [0.3, 0.4) is 0 Å². The van der Waals surface area contributed by atoms with Crippen molar-refractivity contribution >= 4 is 53.6 Å². The van der Waals surface area contributed by atoms with Crippen LogP contribution >= 0.6 is 35.7 Å². The summed E-state index contributed by atoms with van der Waals surface area (Å²) < 4.78 is 0. The van der Waals surface area contributed by atoms with E-state index in [4.69, 9.17) is 0 Å². The molecule has 132 valence electrons. The number of thioether (sulfide) groups is 1. The van der Waals surface area contributed by atoms with Gasteiger partial charge in [-0.3, -0.25) is 14.7 Å². The van der Waals surface area contributed by atoms with E-state index < -0.39 is 0 Å². The van der Waals surface area contributed by atoms with Gasteiger partial charge in [-0.15, -0.1) is 24.0 Å². The van der Waals surface area contributed by atoms with E-state index in [9.17, 15) is 9.59 Å².